The Kier molecular flexibility index (Phi) is 4.56. The van der Waals surface area contributed by atoms with Crippen LogP contribution in [0.4, 0.5) is 0 Å². The number of hydrogen-bond acceptors (Lipinski definition) is 3. The fourth-order valence-corrected chi connectivity index (χ4v) is 1.61. The monoisotopic (exact) mass is 268 g/mol. The normalized spacial score (nSPS) is 9.85. The molecule has 0 atom stereocenters. The Morgan fingerprint density at radius 3 is 2.25 bits per heavy atom. The van der Waals surface area contributed by atoms with Crippen molar-refractivity contribution in [3.05, 3.63) is 72.3 Å². The number of benzene rings is 2. The SMILES string of the molecule is C=CCOc1ccc(C(=O)Oc2ccc(C)cc2)cc1. The Labute approximate surface area is 118 Å². The lowest BCUT2D eigenvalue weighted by molar-refractivity contribution is 0.0734. The summed E-state index contributed by atoms with van der Waals surface area (Å²) >= 11 is 0. The van der Waals surface area contributed by atoms with Crippen molar-refractivity contribution in [2.24, 2.45) is 0 Å². The molecule has 0 aromatic heterocycles. The summed E-state index contributed by atoms with van der Waals surface area (Å²) in [7, 11) is 0. The minimum atomic E-state index is -0.385. The van der Waals surface area contributed by atoms with Crippen molar-refractivity contribution in [3.8, 4) is 11.5 Å². The van der Waals surface area contributed by atoms with E-state index in [0.717, 1.165) is 5.56 Å². The summed E-state index contributed by atoms with van der Waals surface area (Å²) < 4.78 is 10.6. The van der Waals surface area contributed by atoms with Crippen LogP contribution in [0.25, 0.3) is 0 Å². The molecule has 102 valence electrons. The Hall–Kier alpha value is -2.55. The minimum Gasteiger partial charge on any atom is -0.490 e. The van der Waals surface area contributed by atoms with E-state index >= 15 is 0 Å². The smallest absolute Gasteiger partial charge is 0.343 e. The summed E-state index contributed by atoms with van der Waals surface area (Å²) in [4.78, 5) is 11.9. The van der Waals surface area contributed by atoms with E-state index in [9.17, 15) is 4.79 Å². The van der Waals surface area contributed by atoms with E-state index in [1.807, 2.05) is 19.1 Å². The van der Waals surface area contributed by atoms with Crippen LogP contribution in [0.15, 0.2) is 61.2 Å². The third kappa shape index (κ3) is 3.72. The molecule has 0 aliphatic carbocycles. The molecule has 0 aliphatic rings. The molecule has 0 aliphatic heterocycles. The Bertz CT molecular complexity index is 583. The maximum absolute atomic E-state index is 11.9. The summed E-state index contributed by atoms with van der Waals surface area (Å²) in [5.41, 5.74) is 1.60. The average molecular weight is 268 g/mol. The van der Waals surface area contributed by atoms with Gasteiger partial charge in [-0.15, -0.1) is 0 Å². The lowest BCUT2D eigenvalue weighted by Gasteiger charge is -2.06. The van der Waals surface area contributed by atoms with Gasteiger partial charge in [0.05, 0.1) is 5.56 Å². The molecule has 0 N–H and O–H groups in total. The molecule has 0 saturated carbocycles. The lowest BCUT2D eigenvalue weighted by atomic mass is 10.2. The molecule has 0 unspecified atom stereocenters. The third-order valence-electron chi connectivity index (χ3n) is 2.69. The summed E-state index contributed by atoms with van der Waals surface area (Å²) in [6.45, 7) is 5.99. The van der Waals surface area contributed by atoms with Crippen molar-refractivity contribution in [3.63, 3.8) is 0 Å². The predicted octanol–water partition coefficient (Wildman–Crippen LogP) is 3.78. The molecule has 2 aromatic carbocycles. The molecule has 0 saturated heterocycles. The van der Waals surface area contributed by atoms with Crippen LogP contribution >= 0.6 is 0 Å². The lowest BCUT2D eigenvalue weighted by Crippen LogP contribution is -2.08. The highest BCUT2D eigenvalue weighted by molar-refractivity contribution is 5.91. The van der Waals surface area contributed by atoms with Crippen LogP contribution in [0, 0.1) is 6.92 Å². The molecule has 0 heterocycles. The highest BCUT2D eigenvalue weighted by Gasteiger charge is 2.08. The topological polar surface area (TPSA) is 35.5 Å². The number of carbonyl (C=O) groups is 1. The molecule has 0 bridgehead atoms. The third-order valence-corrected chi connectivity index (χ3v) is 2.69. The Morgan fingerprint density at radius 2 is 1.65 bits per heavy atom. The van der Waals surface area contributed by atoms with Gasteiger partial charge in [0.2, 0.25) is 0 Å². The molecular weight excluding hydrogens is 252 g/mol. The van der Waals surface area contributed by atoms with E-state index in [-0.39, 0.29) is 5.97 Å². The zero-order valence-electron chi connectivity index (χ0n) is 11.3. The van der Waals surface area contributed by atoms with Crippen LogP contribution in [0.3, 0.4) is 0 Å². The van der Waals surface area contributed by atoms with E-state index < -0.39 is 0 Å². The van der Waals surface area contributed by atoms with Gasteiger partial charge in [0.15, 0.2) is 0 Å². The zero-order valence-corrected chi connectivity index (χ0v) is 11.3. The molecule has 20 heavy (non-hydrogen) atoms. The molecule has 0 radical (unpaired) electrons. The molecule has 3 nitrogen and oxygen atoms in total. The maximum atomic E-state index is 11.9. The first-order valence-electron chi connectivity index (χ1n) is 6.31. The zero-order chi connectivity index (χ0) is 14.4. The second-order valence-corrected chi connectivity index (χ2v) is 4.33. The second kappa shape index (κ2) is 6.57. The van der Waals surface area contributed by atoms with Crippen LogP contribution in [0.2, 0.25) is 0 Å². The van der Waals surface area contributed by atoms with Crippen LogP contribution in [0.5, 0.6) is 11.5 Å². The molecule has 2 rings (SSSR count). The molecule has 0 spiro atoms. The van der Waals surface area contributed by atoms with Crippen molar-refractivity contribution in [1.82, 2.24) is 0 Å². The van der Waals surface area contributed by atoms with Gasteiger partial charge in [-0.3, -0.25) is 0 Å². The van der Waals surface area contributed by atoms with Gasteiger partial charge in [0.25, 0.3) is 0 Å². The first-order chi connectivity index (χ1) is 9.69. The summed E-state index contributed by atoms with van der Waals surface area (Å²) in [5, 5.41) is 0. The molecule has 0 fully saturated rings. The summed E-state index contributed by atoms with van der Waals surface area (Å²) in [5.74, 6) is 0.841. The van der Waals surface area contributed by atoms with Crippen LogP contribution in [-0.2, 0) is 0 Å². The van der Waals surface area contributed by atoms with E-state index in [2.05, 4.69) is 6.58 Å². The highest BCUT2D eigenvalue weighted by atomic mass is 16.5. The van der Waals surface area contributed by atoms with E-state index in [0.29, 0.717) is 23.7 Å². The first kappa shape index (κ1) is 13.9. The van der Waals surface area contributed by atoms with Crippen molar-refractivity contribution in [1.29, 1.82) is 0 Å². The number of hydrogen-bond donors (Lipinski definition) is 0. The molecular formula is C17H16O3. The van der Waals surface area contributed by atoms with Gasteiger partial charge in [-0.05, 0) is 43.3 Å². The van der Waals surface area contributed by atoms with Crippen LogP contribution in [-0.4, -0.2) is 12.6 Å². The van der Waals surface area contributed by atoms with Crippen molar-refractivity contribution in [2.45, 2.75) is 6.92 Å². The van der Waals surface area contributed by atoms with Gasteiger partial charge in [-0.25, -0.2) is 4.79 Å². The Balaban J connectivity index is 2.01. The van der Waals surface area contributed by atoms with Crippen LogP contribution < -0.4 is 9.47 Å². The van der Waals surface area contributed by atoms with E-state index in [1.165, 1.54) is 0 Å². The first-order valence-corrected chi connectivity index (χ1v) is 6.31. The van der Waals surface area contributed by atoms with Crippen molar-refractivity contribution < 1.29 is 14.3 Å². The van der Waals surface area contributed by atoms with Gasteiger partial charge < -0.3 is 9.47 Å². The number of ether oxygens (including phenoxy) is 2. The van der Waals surface area contributed by atoms with Crippen molar-refractivity contribution in [2.75, 3.05) is 6.61 Å². The fourth-order valence-electron chi connectivity index (χ4n) is 1.61. The Morgan fingerprint density at radius 1 is 1.05 bits per heavy atom. The van der Waals surface area contributed by atoms with Crippen LogP contribution in [0.1, 0.15) is 15.9 Å². The maximum Gasteiger partial charge on any atom is 0.343 e. The fraction of sp³-hybridized carbons (Fsp3) is 0.118. The number of rotatable bonds is 5. The molecule has 0 amide bonds. The number of aryl methyl sites for hydroxylation is 1. The standard InChI is InChI=1S/C17H16O3/c1-3-12-19-15-10-6-14(7-11-15)17(18)20-16-8-4-13(2)5-9-16/h3-11H,1,12H2,2H3. The minimum absolute atomic E-state index is 0.385. The van der Waals surface area contributed by atoms with E-state index in [4.69, 9.17) is 9.47 Å². The largest absolute Gasteiger partial charge is 0.490 e. The molecule has 3 heteroatoms. The van der Waals surface area contributed by atoms with Crippen molar-refractivity contribution >= 4 is 5.97 Å². The number of carbonyl (C=O) groups excluding carboxylic acids is 1. The van der Waals surface area contributed by atoms with Gasteiger partial charge in [-0.1, -0.05) is 30.4 Å². The van der Waals surface area contributed by atoms with E-state index in [1.54, 1.807) is 42.5 Å². The quantitative estimate of drug-likeness (QED) is 0.470. The number of esters is 1. The molecule has 2 aromatic rings. The highest BCUT2D eigenvalue weighted by Crippen LogP contribution is 2.16. The van der Waals surface area contributed by atoms with Gasteiger partial charge >= 0.3 is 5.97 Å². The van der Waals surface area contributed by atoms with Gasteiger partial charge in [-0.2, -0.15) is 0 Å². The second-order valence-electron chi connectivity index (χ2n) is 4.33. The predicted molar refractivity (Wildman–Crippen MR) is 78.3 cm³/mol. The van der Waals surface area contributed by atoms with Gasteiger partial charge in [0.1, 0.15) is 18.1 Å². The summed E-state index contributed by atoms with van der Waals surface area (Å²) in [6, 6.07) is 14.2. The summed E-state index contributed by atoms with van der Waals surface area (Å²) in [6.07, 6.45) is 1.67. The van der Waals surface area contributed by atoms with Gasteiger partial charge in [0, 0.05) is 0 Å². The average Bonchev–Trinajstić information content (AvgIpc) is 2.48.